The van der Waals surface area contributed by atoms with Crippen molar-refractivity contribution in [3.05, 3.63) is 29.8 Å². The fourth-order valence-corrected chi connectivity index (χ4v) is 1.57. The van der Waals surface area contributed by atoms with Crippen LogP contribution in [0.15, 0.2) is 24.3 Å². The average Bonchev–Trinajstić information content (AvgIpc) is 2.35. The van der Waals surface area contributed by atoms with Gasteiger partial charge in [0, 0.05) is 5.69 Å². The van der Waals surface area contributed by atoms with E-state index in [2.05, 4.69) is 10.6 Å². The van der Waals surface area contributed by atoms with Crippen LogP contribution in [0.4, 0.5) is 23.7 Å². The number of carbonyl (C=O) groups is 2. The molecule has 2 amide bonds. The number of benzene rings is 1. The van der Waals surface area contributed by atoms with Gasteiger partial charge in [0.25, 0.3) is 0 Å². The number of alkyl carbamates (subject to hydrolysis) is 1. The highest BCUT2D eigenvalue weighted by Gasteiger charge is 2.30. The molecule has 1 atom stereocenters. The summed E-state index contributed by atoms with van der Waals surface area (Å²) < 4.78 is 42.8. The molecule has 128 valence electrons. The van der Waals surface area contributed by atoms with Crippen molar-refractivity contribution >= 4 is 17.7 Å². The minimum atomic E-state index is -4.50. The topological polar surface area (TPSA) is 67.4 Å². The molecule has 0 saturated carbocycles. The predicted molar refractivity (Wildman–Crippen MR) is 78.9 cm³/mol. The second-order valence-corrected chi connectivity index (χ2v) is 5.94. The van der Waals surface area contributed by atoms with Crippen molar-refractivity contribution in [1.29, 1.82) is 0 Å². The van der Waals surface area contributed by atoms with E-state index < -0.39 is 35.4 Å². The third-order valence-corrected chi connectivity index (χ3v) is 2.58. The van der Waals surface area contributed by atoms with Gasteiger partial charge in [0.05, 0.1) is 5.56 Å². The highest BCUT2D eigenvalue weighted by molar-refractivity contribution is 5.96. The lowest BCUT2D eigenvalue weighted by molar-refractivity contribution is -0.137. The largest absolute Gasteiger partial charge is 0.444 e. The standard InChI is InChI=1S/C15H19F3N2O3/c1-9(19-13(22)23-14(2,3)4)12(21)20-11-7-5-6-10(8-11)15(16,17)18/h5-9H,1-4H3,(H,19,22)(H,20,21)/t9-/m1/s1. The van der Waals surface area contributed by atoms with Gasteiger partial charge in [-0.25, -0.2) is 4.79 Å². The van der Waals surface area contributed by atoms with Gasteiger partial charge in [0.15, 0.2) is 0 Å². The molecule has 0 aliphatic heterocycles. The van der Waals surface area contributed by atoms with Crippen LogP contribution in [0.2, 0.25) is 0 Å². The van der Waals surface area contributed by atoms with Crippen molar-refractivity contribution in [2.75, 3.05) is 5.32 Å². The molecular weight excluding hydrogens is 313 g/mol. The molecule has 0 radical (unpaired) electrons. The van der Waals surface area contributed by atoms with Gasteiger partial charge < -0.3 is 15.4 Å². The molecule has 2 N–H and O–H groups in total. The summed E-state index contributed by atoms with van der Waals surface area (Å²) >= 11 is 0. The van der Waals surface area contributed by atoms with E-state index in [-0.39, 0.29) is 5.69 Å². The van der Waals surface area contributed by atoms with Crippen molar-refractivity contribution in [3.8, 4) is 0 Å². The zero-order chi connectivity index (χ0) is 17.8. The first kappa shape index (κ1) is 18.8. The number of alkyl halides is 3. The fraction of sp³-hybridized carbons (Fsp3) is 0.467. The molecule has 0 heterocycles. The molecule has 0 fully saturated rings. The molecule has 0 unspecified atom stereocenters. The quantitative estimate of drug-likeness (QED) is 0.889. The van der Waals surface area contributed by atoms with Crippen LogP contribution in [0.3, 0.4) is 0 Å². The number of rotatable bonds is 3. The van der Waals surface area contributed by atoms with Crippen molar-refractivity contribution in [1.82, 2.24) is 5.32 Å². The zero-order valence-corrected chi connectivity index (χ0v) is 13.2. The fourth-order valence-electron chi connectivity index (χ4n) is 1.57. The van der Waals surface area contributed by atoms with Crippen molar-refractivity contribution < 1.29 is 27.5 Å². The van der Waals surface area contributed by atoms with Gasteiger partial charge in [-0.05, 0) is 45.9 Å². The van der Waals surface area contributed by atoms with Crippen LogP contribution >= 0.6 is 0 Å². The van der Waals surface area contributed by atoms with Crippen LogP contribution in [-0.4, -0.2) is 23.6 Å². The average molecular weight is 332 g/mol. The summed E-state index contributed by atoms with van der Waals surface area (Å²) in [6, 6.07) is 3.26. The third kappa shape index (κ3) is 6.58. The summed E-state index contributed by atoms with van der Waals surface area (Å²) in [4.78, 5) is 23.5. The molecule has 23 heavy (non-hydrogen) atoms. The maximum Gasteiger partial charge on any atom is 0.416 e. The van der Waals surface area contributed by atoms with Gasteiger partial charge >= 0.3 is 12.3 Å². The molecule has 1 aromatic carbocycles. The molecule has 0 saturated heterocycles. The number of nitrogens with one attached hydrogen (secondary N) is 2. The van der Waals surface area contributed by atoms with Crippen molar-refractivity contribution in [3.63, 3.8) is 0 Å². The first-order chi connectivity index (χ1) is 10.4. The Kier molecular flexibility index (Phi) is 5.63. The van der Waals surface area contributed by atoms with Gasteiger partial charge in [-0.2, -0.15) is 13.2 Å². The van der Waals surface area contributed by atoms with Crippen LogP contribution in [0.25, 0.3) is 0 Å². The number of hydrogen-bond donors (Lipinski definition) is 2. The molecule has 1 rings (SSSR count). The summed E-state index contributed by atoms with van der Waals surface area (Å²) in [5.41, 5.74) is -1.60. The molecule has 0 aliphatic carbocycles. The number of carbonyl (C=O) groups excluding carboxylic acids is 2. The SMILES string of the molecule is C[C@@H](NC(=O)OC(C)(C)C)C(=O)Nc1cccc(C(F)(F)F)c1. The molecule has 0 aliphatic rings. The number of amides is 2. The minimum absolute atomic E-state index is 0.0114. The van der Waals surface area contributed by atoms with E-state index in [1.807, 2.05) is 0 Å². The van der Waals surface area contributed by atoms with Crippen LogP contribution in [0, 0.1) is 0 Å². The molecule has 1 aromatic rings. The molecule has 0 spiro atoms. The summed E-state index contributed by atoms with van der Waals surface area (Å²) in [6.45, 7) is 6.40. The summed E-state index contributed by atoms with van der Waals surface area (Å²) in [5, 5.41) is 4.62. The van der Waals surface area contributed by atoms with Gasteiger partial charge in [-0.1, -0.05) is 6.07 Å². The van der Waals surface area contributed by atoms with Gasteiger partial charge in [0.1, 0.15) is 11.6 Å². The van der Waals surface area contributed by atoms with Crippen LogP contribution in [0.1, 0.15) is 33.3 Å². The highest BCUT2D eigenvalue weighted by atomic mass is 19.4. The molecule has 5 nitrogen and oxygen atoms in total. The molecule has 8 heteroatoms. The first-order valence-electron chi connectivity index (χ1n) is 6.86. The Bertz CT molecular complexity index is 580. The Labute approximate surface area is 132 Å². The molecular formula is C15H19F3N2O3. The van der Waals surface area contributed by atoms with Crippen LogP contribution < -0.4 is 10.6 Å². The van der Waals surface area contributed by atoms with E-state index in [1.54, 1.807) is 20.8 Å². The lowest BCUT2D eigenvalue weighted by Gasteiger charge is -2.21. The number of halogens is 3. The van der Waals surface area contributed by atoms with E-state index in [0.717, 1.165) is 12.1 Å². The third-order valence-electron chi connectivity index (χ3n) is 2.58. The Morgan fingerprint density at radius 2 is 1.78 bits per heavy atom. The summed E-state index contributed by atoms with van der Waals surface area (Å²) in [6.07, 6.45) is -5.29. The van der Waals surface area contributed by atoms with Crippen molar-refractivity contribution in [2.45, 2.75) is 45.5 Å². The lowest BCUT2D eigenvalue weighted by atomic mass is 10.2. The number of hydrogen-bond acceptors (Lipinski definition) is 3. The summed E-state index contributed by atoms with van der Waals surface area (Å²) in [5.74, 6) is -0.657. The maximum atomic E-state index is 12.6. The molecule has 0 bridgehead atoms. The smallest absolute Gasteiger partial charge is 0.416 e. The van der Waals surface area contributed by atoms with Gasteiger partial charge in [0.2, 0.25) is 5.91 Å². The van der Waals surface area contributed by atoms with E-state index >= 15 is 0 Å². The first-order valence-corrected chi connectivity index (χ1v) is 6.86. The Morgan fingerprint density at radius 3 is 2.30 bits per heavy atom. The second kappa shape index (κ2) is 6.89. The number of anilines is 1. The number of ether oxygens (including phenoxy) is 1. The van der Waals surface area contributed by atoms with Crippen LogP contribution in [-0.2, 0) is 15.7 Å². The van der Waals surface area contributed by atoms with Crippen LogP contribution in [0.5, 0.6) is 0 Å². The zero-order valence-electron chi connectivity index (χ0n) is 13.2. The Balaban J connectivity index is 2.67. The van der Waals surface area contributed by atoms with Crippen molar-refractivity contribution in [2.24, 2.45) is 0 Å². The summed E-state index contributed by atoms with van der Waals surface area (Å²) in [7, 11) is 0. The highest BCUT2D eigenvalue weighted by Crippen LogP contribution is 2.30. The monoisotopic (exact) mass is 332 g/mol. The lowest BCUT2D eigenvalue weighted by Crippen LogP contribution is -2.44. The van der Waals surface area contributed by atoms with E-state index in [4.69, 9.17) is 4.74 Å². The second-order valence-electron chi connectivity index (χ2n) is 5.94. The maximum absolute atomic E-state index is 12.6. The van der Waals surface area contributed by atoms with E-state index in [0.29, 0.717) is 0 Å². The normalized spacial score (nSPS) is 13.2. The van der Waals surface area contributed by atoms with Gasteiger partial charge in [-0.3, -0.25) is 4.79 Å². The Morgan fingerprint density at radius 1 is 1.17 bits per heavy atom. The van der Waals surface area contributed by atoms with Gasteiger partial charge in [-0.15, -0.1) is 0 Å². The van der Waals surface area contributed by atoms with E-state index in [9.17, 15) is 22.8 Å². The van der Waals surface area contributed by atoms with E-state index in [1.165, 1.54) is 19.1 Å². The molecule has 0 aromatic heterocycles. The minimum Gasteiger partial charge on any atom is -0.444 e. The Hall–Kier alpha value is -2.25. The predicted octanol–water partition coefficient (Wildman–Crippen LogP) is 3.56.